The van der Waals surface area contributed by atoms with E-state index in [-0.39, 0.29) is 11.3 Å². The van der Waals surface area contributed by atoms with Crippen molar-refractivity contribution >= 4 is 16.0 Å². The molecule has 1 atom stereocenters. The van der Waals surface area contributed by atoms with Crippen molar-refractivity contribution in [2.75, 3.05) is 0 Å². The van der Waals surface area contributed by atoms with Crippen LogP contribution in [-0.2, 0) is 14.8 Å². The van der Waals surface area contributed by atoms with Crippen molar-refractivity contribution in [1.29, 1.82) is 0 Å². The lowest BCUT2D eigenvalue weighted by atomic mass is 10.1. The Morgan fingerprint density at radius 2 is 1.69 bits per heavy atom. The fourth-order valence-corrected chi connectivity index (χ4v) is 3.66. The van der Waals surface area contributed by atoms with E-state index in [9.17, 15) is 13.2 Å². The molecule has 0 aliphatic carbocycles. The highest BCUT2D eigenvalue weighted by Crippen LogP contribution is 2.21. The first-order valence-corrected chi connectivity index (χ1v) is 9.33. The predicted molar refractivity (Wildman–Crippen MR) is 95.3 cm³/mol. The van der Waals surface area contributed by atoms with Gasteiger partial charge >= 0.3 is 5.97 Å². The molecule has 26 heavy (non-hydrogen) atoms. The van der Waals surface area contributed by atoms with Crippen molar-refractivity contribution < 1.29 is 18.3 Å². The number of aliphatic carboxylic acids is 1. The first-order valence-electron chi connectivity index (χ1n) is 7.85. The Balaban J connectivity index is 1.87. The number of hydrogen-bond acceptors (Lipinski definition) is 4. The predicted octanol–water partition coefficient (Wildman–Crippen LogP) is 2.37. The highest BCUT2D eigenvalue weighted by Gasteiger charge is 2.24. The Kier molecular flexibility index (Phi) is 5.15. The number of carbonyl (C=O) groups is 1. The monoisotopic (exact) mass is 371 g/mol. The van der Waals surface area contributed by atoms with Gasteiger partial charge in [0.1, 0.15) is 4.90 Å². The second-order valence-electron chi connectivity index (χ2n) is 5.64. The zero-order valence-electron chi connectivity index (χ0n) is 13.7. The number of para-hydroxylation sites is 1. The molecule has 2 aromatic carbocycles. The summed E-state index contributed by atoms with van der Waals surface area (Å²) in [4.78, 5) is 11.1. The number of sulfonamides is 1. The van der Waals surface area contributed by atoms with Crippen molar-refractivity contribution in [2.45, 2.75) is 17.4 Å². The number of benzene rings is 2. The first kappa shape index (κ1) is 17.8. The molecule has 7 nitrogen and oxygen atoms in total. The smallest absolute Gasteiger partial charge is 0.305 e. The molecule has 1 aromatic heterocycles. The highest BCUT2D eigenvalue weighted by atomic mass is 32.2. The molecule has 0 aliphatic rings. The van der Waals surface area contributed by atoms with Crippen LogP contribution in [0.3, 0.4) is 0 Å². The maximum Gasteiger partial charge on any atom is 0.305 e. The van der Waals surface area contributed by atoms with E-state index in [4.69, 9.17) is 5.11 Å². The number of aromatic nitrogens is 2. The van der Waals surface area contributed by atoms with Crippen molar-refractivity contribution in [2.24, 2.45) is 0 Å². The lowest BCUT2D eigenvalue weighted by Crippen LogP contribution is -2.30. The van der Waals surface area contributed by atoms with Crippen LogP contribution in [0.4, 0.5) is 0 Å². The average molecular weight is 371 g/mol. The molecule has 0 spiro atoms. The molecule has 0 aliphatic heterocycles. The first-order chi connectivity index (χ1) is 12.5. The Bertz CT molecular complexity index is 986. The summed E-state index contributed by atoms with van der Waals surface area (Å²) in [5, 5.41) is 13.2. The number of nitrogens with zero attached hydrogens (tertiary/aromatic N) is 2. The van der Waals surface area contributed by atoms with Crippen LogP contribution in [0.5, 0.6) is 0 Å². The second-order valence-corrected chi connectivity index (χ2v) is 7.35. The van der Waals surface area contributed by atoms with Gasteiger partial charge < -0.3 is 5.11 Å². The zero-order valence-corrected chi connectivity index (χ0v) is 14.5. The molecule has 0 bridgehead atoms. The summed E-state index contributed by atoms with van der Waals surface area (Å²) in [5.41, 5.74) is 1.30. The van der Waals surface area contributed by atoms with Crippen LogP contribution >= 0.6 is 0 Å². The third-order valence-electron chi connectivity index (χ3n) is 3.77. The van der Waals surface area contributed by atoms with Gasteiger partial charge in [-0.3, -0.25) is 4.79 Å². The molecule has 0 fully saturated rings. The van der Waals surface area contributed by atoms with Crippen LogP contribution in [0.15, 0.2) is 78.0 Å². The van der Waals surface area contributed by atoms with Gasteiger partial charge in [0.2, 0.25) is 10.0 Å². The van der Waals surface area contributed by atoms with Gasteiger partial charge in [0.05, 0.1) is 30.5 Å². The minimum Gasteiger partial charge on any atom is -0.481 e. The topological polar surface area (TPSA) is 101 Å². The molecule has 0 saturated carbocycles. The van der Waals surface area contributed by atoms with Gasteiger partial charge in [-0.05, 0) is 17.7 Å². The summed E-state index contributed by atoms with van der Waals surface area (Å²) in [6.07, 6.45) is 2.26. The molecule has 134 valence electrons. The fraction of sp³-hybridized carbons (Fsp3) is 0.111. The van der Waals surface area contributed by atoms with Crippen LogP contribution in [0.1, 0.15) is 18.0 Å². The number of carboxylic acids is 1. The van der Waals surface area contributed by atoms with Crippen molar-refractivity contribution in [1.82, 2.24) is 14.5 Å². The third-order valence-corrected chi connectivity index (χ3v) is 5.19. The second kappa shape index (κ2) is 7.51. The largest absolute Gasteiger partial charge is 0.481 e. The standard InChI is InChI=1S/C18H17N3O4S/c22-18(23)11-17(14-7-3-1-4-8-14)20-26(24,25)16-12-19-21(13-16)15-9-5-2-6-10-15/h1-10,12-13,17,20H,11H2,(H,22,23). The average Bonchev–Trinajstić information content (AvgIpc) is 3.13. The van der Waals surface area contributed by atoms with E-state index in [1.807, 2.05) is 18.2 Å². The minimum absolute atomic E-state index is 0.0346. The Labute approximate surface area is 151 Å². The maximum absolute atomic E-state index is 12.7. The summed E-state index contributed by atoms with van der Waals surface area (Å²) < 4.78 is 29.3. The van der Waals surface area contributed by atoms with Gasteiger partial charge in [0.15, 0.2) is 0 Å². The van der Waals surface area contributed by atoms with Crippen molar-refractivity contribution in [3.05, 3.63) is 78.6 Å². The number of nitrogens with one attached hydrogen (secondary N) is 1. The third kappa shape index (κ3) is 4.16. The lowest BCUT2D eigenvalue weighted by molar-refractivity contribution is -0.137. The molecule has 0 saturated heterocycles. The van der Waals surface area contributed by atoms with Crippen LogP contribution in [0.25, 0.3) is 5.69 Å². The van der Waals surface area contributed by atoms with Gasteiger partial charge in [0, 0.05) is 0 Å². The fourth-order valence-electron chi connectivity index (χ4n) is 2.51. The van der Waals surface area contributed by atoms with E-state index in [2.05, 4.69) is 9.82 Å². The summed E-state index contributed by atoms with van der Waals surface area (Å²) in [5.74, 6) is -1.10. The van der Waals surface area contributed by atoms with Crippen LogP contribution in [-0.4, -0.2) is 29.3 Å². The molecular formula is C18H17N3O4S. The maximum atomic E-state index is 12.7. The Hall–Kier alpha value is -2.97. The molecular weight excluding hydrogens is 354 g/mol. The van der Waals surface area contributed by atoms with Crippen molar-refractivity contribution in [3.8, 4) is 5.69 Å². The van der Waals surface area contributed by atoms with Crippen molar-refractivity contribution in [3.63, 3.8) is 0 Å². The van der Waals surface area contributed by atoms with E-state index in [1.165, 1.54) is 17.1 Å². The lowest BCUT2D eigenvalue weighted by Gasteiger charge is -2.16. The van der Waals surface area contributed by atoms with Gasteiger partial charge in [-0.15, -0.1) is 0 Å². The molecule has 3 rings (SSSR count). The quantitative estimate of drug-likeness (QED) is 0.664. The van der Waals surface area contributed by atoms with Crippen LogP contribution < -0.4 is 4.72 Å². The van der Waals surface area contributed by atoms with E-state index in [1.54, 1.807) is 42.5 Å². The molecule has 0 amide bonds. The van der Waals surface area contributed by atoms with Crippen LogP contribution in [0.2, 0.25) is 0 Å². The van der Waals surface area contributed by atoms with E-state index >= 15 is 0 Å². The van der Waals surface area contributed by atoms with E-state index in [0.29, 0.717) is 5.56 Å². The van der Waals surface area contributed by atoms with E-state index in [0.717, 1.165) is 5.69 Å². The number of hydrogen-bond donors (Lipinski definition) is 2. The molecule has 0 radical (unpaired) electrons. The Morgan fingerprint density at radius 3 is 2.31 bits per heavy atom. The van der Waals surface area contributed by atoms with Gasteiger partial charge in [-0.25, -0.2) is 17.8 Å². The van der Waals surface area contributed by atoms with Gasteiger partial charge in [0.25, 0.3) is 0 Å². The molecule has 8 heteroatoms. The molecule has 3 aromatic rings. The summed E-state index contributed by atoms with van der Waals surface area (Å²) in [6.45, 7) is 0. The zero-order chi connectivity index (χ0) is 18.6. The van der Waals surface area contributed by atoms with E-state index < -0.39 is 22.0 Å². The summed E-state index contributed by atoms with van der Waals surface area (Å²) in [7, 11) is -3.94. The minimum atomic E-state index is -3.94. The highest BCUT2D eigenvalue weighted by molar-refractivity contribution is 7.89. The number of carboxylic acid groups (broad SMARTS) is 1. The van der Waals surface area contributed by atoms with Gasteiger partial charge in [-0.1, -0.05) is 48.5 Å². The Morgan fingerprint density at radius 1 is 1.08 bits per heavy atom. The number of rotatable bonds is 7. The normalized spacial score (nSPS) is 12.6. The molecule has 1 unspecified atom stereocenters. The molecule has 1 heterocycles. The van der Waals surface area contributed by atoms with Crippen LogP contribution in [0, 0.1) is 0 Å². The van der Waals surface area contributed by atoms with Gasteiger partial charge in [-0.2, -0.15) is 5.10 Å². The SMILES string of the molecule is O=C(O)CC(NS(=O)(=O)c1cnn(-c2ccccc2)c1)c1ccccc1. The summed E-state index contributed by atoms with van der Waals surface area (Å²) >= 11 is 0. The molecule has 2 N–H and O–H groups in total. The summed E-state index contributed by atoms with van der Waals surface area (Å²) in [6, 6.07) is 16.8.